The highest BCUT2D eigenvalue weighted by atomic mass is 19.1. The summed E-state index contributed by atoms with van der Waals surface area (Å²) in [6.07, 6.45) is 1.42. The Bertz CT molecular complexity index is 468. The van der Waals surface area contributed by atoms with Crippen LogP contribution >= 0.6 is 0 Å². The Kier molecular flexibility index (Phi) is 8.98. The Hall–Kier alpha value is -1.42. The molecule has 0 saturated heterocycles. The van der Waals surface area contributed by atoms with Crippen molar-refractivity contribution in [1.29, 1.82) is 0 Å². The van der Waals surface area contributed by atoms with Gasteiger partial charge in [0.15, 0.2) is 0 Å². The lowest BCUT2D eigenvalue weighted by Gasteiger charge is -2.22. The highest BCUT2D eigenvalue weighted by molar-refractivity contribution is 5.70. The molecule has 24 heavy (non-hydrogen) atoms. The quantitative estimate of drug-likeness (QED) is 0.549. The summed E-state index contributed by atoms with van der Waals surface area (Å²) < 4.78 is 25.3. The number of unbranched alkanes of at least 4 members (excludes halogenated alkanes) is 1. The van der Waals surface area contributed by atoms with E-state index in [0.717, 1.165) is 24.8 Å². The largest absolute Gasteiger partial charge is 0.460 e. The van der Waals surface area contributed by atoms with Crippen LogP contribution in [0, 0.1) is 0 Å². The van der Waals surface area contributed by atoms with Crippen LogP contribution in [0.1, 0.15) is 65.4 Å². The minimum atomic E-state index is -1.24. The van der Waals surface area contributed by atoms with Gasteiger partial charge in [-0.15, -0.1) is 0 Å². The van der Waals surface area contributed by atoms with Gasteiger partial charge in [0.05, 0.1) is 19.1 Å². The lowest BCUT2D eigenvalue weighted by molar-refractivity contribution is -0.156. The number of esters is 1. The van der Waals surface area contributed by atoms with E-state index in [2.05, 4.69) is 6.92 Å². The van der Waals surface area contributed by atoms with Gasteiger partial charge in [-0.05, 0) is 32.8 Å². The molecular weight excluding hydrogens is 307 g/mol. The normalized spacial score (nSPS) is 14.2. The number of carbonyl (C=O) groups excluding carboxylic acids is 1. The molecule has 0 aromatic heterocycles. The van der Waals surface area contributed by atoms with Crippen LogP contribution in [0.2, 0.25) is 0 Å². The van der Waals surface area contributed by atoms with Crippen LogP contribution in [0.15, 0.2) is 30.3 Å². The van der Waals surface area contributed by atoms with Crippen LogP contribution in [0.4, 0.5) is 4.39 Å². The van der Waals surface area contributed by atoms with Gasteiger partial charge >= 0.3 is 5.97 Å². The van der Waals surface area contributed by atoms with Gasteiger partial charge in [0.2, 0.25) is 0 Å². The topological polar surface area (TPSA) is 35.5 Å². The fourth-order valence-electron chi connectivity index (χ4n) is 2.42. The summed E-state index contributed by atoms with van der Waals surface area (Å²) in [5.74, 6) is -0.493. The average molecular weight is 338 g/mol. The Morgan fingerprint density at radius 1 is 1.21 bits per heavy atom. The number of carbonyl (C=O) groups is 1. The molecule has 3 nitrogen and oxygen atoms in total. The summed E-state index contributed by atoms with van der Waals surface area (Å²) in [6, 6.07) is 9.85. The monoisotopic (exact) mass is 338 g/mol. The second-order valence-electron chi connectivity index (χ2n) is 7.18. The van der Waals surface area contributed by atoms with Gasteiger partial charge in [-0.1, -0.05) is 50.1 Å². The highest BCUT2D eigenvalue weighted by Gasteiger charge is 2.23. The SMILES string of the molecule is CCCC[C@@H](C[C@@H](F)CC(=O)OC(C)(C)C)OCc1ccccc1. The summed E-state index contributed by atoms with van der Waals surface area (Å²) in [5, 5.41) is 0. The molecule has 1 rings (SSSR count). The lowest BCUT2D eigenvalue weighted by Crippen LogP contribution is -2.27. The smallest absolute Gasteiger partial charge is 0.309 e. The summed E-state index contributed by atoms with van der Waals surface area (Å²) >= 11 is 0. The fourth-order valence-corrected chi connectivity index (χ4v) is 2.42. The third kappa shape index (κ3) is 9.66. The molecule has 1 aromatic rings. The zero-order chi connectivity index (χ0) is 18.0. The first-order chi connectivity index (χ1) is 11.3. The molecule has 0 aliphatic carbocycles. The third-order valence-electron chi connectivity index (χ3n) is 3.54. The van der Waals surface area contributed by atoms with Gasteiger partial charge in [-0.2, -0.15) is 0 Å². The van der Waals surface area contributed by atoms with Crippen molar-refractivity contribution in [3.8, 4) is 0 Å². The molecule has 1 aromatic carbocycles. The third-order valence-corrected chi connectivity index (χ3v) is 3.54. The molecule has 2 atom stereocenters. The average Bonchev–Trinajstić information content (AvgIpc) is 2.49. The maximum absolute atomic E-state index is 14.3. The van der Waals surface area contributed by atoms with Crippen molar-refractivity contribution in [2.24, 2.45) is 0 Å². The Morgan fingerprint density at radius 2 is 1.88 bits per heavy atom. The predicted octanol–water partition coefficient (Wildman–Crippen LogP) is 5.22. The van der Waals surface area contributed by atoms with E-state index in [0.29, 0.717) is 6.61 Å². The van der Waals surface area contributed by atoms with Gasteiger partial charge in [-0.3, -0.25) is 4.79 Å². The highest BCUT2D eigenvalue weighted by Crippen LogP contribution is 2.19. The molecule has 0 amide bonds. The van der Waals surface area contributed by atoms with Gasteiger partial charge in [0.1, 0.15) is 11.8 Å². The van der Waals surface area contributed by atoms with Gasteiger partial charge in [-0.25, -0.2) is 4.39 Å². The van der Waals surface area contributed by atoms with Crippen LogP contribution in [0.3, 0.4) is 0 Å². The summed E-state index contributed by atoms with van der Waals surface area (Å²) in [7, 11) is 0. The minimum Gasteiger partial charge on any atom is -0.460 e. The zero-order valence-electron chi connectivity index (χ0n) is 15.4. The molecule has 0 radical (unpaired) electrons. The van der Waals surface area contributed by atoms with Crippen LogP contribution < -0.4 is 0 Å². The van der Waals surface area contributed by atoms with E-state index in [1.165, 1.54) is 0 Å². The first-order valence-corrected chi connectivity index (χ1v) is 8.81. The molecule has 0 fully saturated rings. The predicted molar refractivity (Wildman–Crippen MR) is 94.5 cm³/mol. The minimum absolute atomic E-state index is 0.178. The molecule has 0 heterocycles. The van der Waals surface area contributed by atoms with Crippen molar-refractivity contribution in [3.05, 3.63) is 35.9 Å². The molecule has 4 heteroatoms. The van der Waals surface area contributed by atoms with E-state index in [9.17, 15) is 9.18 Å². The lowest BCUT2D eigenvalue weighted by atomic mass is 10.0. The van der Waals surface area contributed by atoms with Crippen LogP contribution in [-0.2, 0) is 20.9 Å². The van der Waals surface area contributed by atoms with E-state index >= 15 is 0 Å². The van der Waals surface area contributed by atoms with Crippen LogP contribution in [-0.4, -0.2) is 23.8 Å². The molecule has 0 spiro atoms. The van der Waals surface area contributed by atoms with Crippen molar-refractivity contribution < 1.29 is 18.7 Å². The number of rotatable bonds is 10. The first-order valence-electron chi connectivity index (χ1n) is 8.81. The molecule has 0 unspecified atom stereocenters. The second kappa shape index (κ2) is 10.4. The van der Waals surface area contributed by atoms with Crippen molar-refractivity contribution in [3.63, 3.8) is 0 Å². The standard InChI is InChI=1S/C20H31FO3/c1-5-6-12-18(23-15-16-10-8-7-9-11-16)13-17(21)14-19(22)24-20(2,3)4/h7-11,17-18H,5-6,12-15H2,1-4H3/t17-,18+/m1/s1. The number of halogens is 1. The van der Waals surface area contributed by atoms with Gasteiger partial charge in [0.25, 0.3) is 0 Å². The Balaban J connectivity index is 2.47. The molecule has 0 bridgehead atoms. The number of alkyl halides is 1. The molecule has 0 aliphatic rings. The summed E-state index contributed by atoms with van der Waals surface area (Å²) in [6.45, 7) is 7.91. The zero-order valence-corrected chi connectivity index (χ0v) is 15.4. The van der Waals surface area contributed by atoms with E-state index in [1.807, 2.05) is 30.3 Å². The fraction of sp³-hybridized carbons (Fsp3) is 0.650. The van der Waals surface area contributed by atoms with Crippen molar-refractivity contribution in [1.82, 2.24) is 0 Å². The number of benzene rings is 1. The number of hydrogen-bond donors (Lipinski definition) is 0. The Morgan fingerprint density at radius 3 is 2.46 bits per heavy atom. The molecular formula is C20H31FO3. The van der Waals surface area contributed by atoms with E-state index in [4.69, 9.17) is 9.47 Å². The van der Waals surface area contributed by atoms with Crippen molar-refractivity contribution >= 4 is 5.97 Å². The molecule has 0 saturated carbocycles. The van der Waals surface area contributed by atoms with Gasteiger partial charge in [0, 0.05) is 6.42 Å². The van der Waals surface area contributed by atoms with Crippen molar-refractivity contribution in [2.75, 3.05) is 0 Å². The number of ether oxygens (including phenoxy) is 2. The van der Waals surface area contributed by atoms with Crippen LogP contribution in [0.5, 0.6) is 0 Å². The van der Waals surface area contributed by atoms with Crippen molar-refractivity contribution in [2.45, 2.75) is 84.3 Å². The van der Waals surface area contributed by atoms with E-state index in [1.54, 1.807) is 20.8 Å². The Labute approximate surface area is 145 Å². The second-order valence-corrected chi connectivity index (χ2v) is 7.18. The molecule has 0 aliphatic heterocycles. The first kappa shape index (κ1) is 20.6. The molecule has 136 valence electrons. The summed E-state index contributed by atoms with van der Waals surface area (Å²) in [4.78, 5) is 11.7. The number of hydrogen-bond acceptors (Lipinski definition) is 3. The maximum atomic E-state index is 14.3. The van der Waals surface area contributed by atoms with E-state index in [-0.39, 0.29) is 18.9 Å². The van der Waals surface area contributed by atoms with Crippen LogP contribution in [0.25, 0.3) is 0 Å². The summed E-state index contributed by atoms with van der Waals surface area (Å²) in [5.41, 5.74) is 0.490. The van der Waals surface area contributed by atoms with Gasteiger partial charge < -0.3 is 9.47 Å². The van der Waals surface area contributed by atoms with E-state index < -0.39 is 17.7 Å². The maximum Gasteiger partial charge on any atom is 0.309 e. The molecule has 0 N–H and O–H groups in total.